The molecule has 0 aliphatic carbocycles. The molecule has 1 aliphatic rings. The molecule has 1 heterocycles. The smallest absolute Gasteiger partial charge is 0.0549 e. The highest BCUT2D eigenvalue weighted by molar-refractivity contribution is 5.96. The van der Waals surface area contributed by atoms with Crippen molar-refractivity contribution in [2.45, 2.75) is 0 Å². The molecule has 0 aromatic rings. The van der Waals surface area contributed by atoms with Crippen LogP contribution < -0.4 is 11.6 Å². The number of aliphatic imine (C=N–C) groups is 1. The number of hydrogen-bond donors (Lipinski definition) is 2. The summed E-state index contributed by atoms with van der Waals surface area (Å²) in [7, 11) is 0. The molecule has 56 valence electrons. The van der Waals surface area contributed by atoms with E-state index in [1.807, 2.05) is 0 Å². The standard InChI is InChI=1S/C6H12N4/c7-2-1-6-5-10(8)4-3-9-6/h1-2H,3-5,7-8H2. The van der Waals surface area contributed by atoms with Crippen molar-refractivity contribution in [2.24, 2.45) is 16.6 Å². The van der Waals surface area contributed by atoms with Crippen molar-refractivity contribution in [1.29, 1.82) is 0 Å². The molecular formula is C6H12N4. The van der Waals surface area contributed by atoms with E-state index in [0.29, 0.717) is 6.54 Å². The van der Waals surface area contributed by atoms with E-state index < -0.39 is 0 Å². The molecule has 10 heavy (non-hydrogen) atoms. The van der Waals surface area contributed by atoms with Gasteiger partial charge in [-0.2, -0.15) is 0 Å². The van der Waals surface area contributed by atoms with Crippen LogP contribution in [0.15, 0.2) is 17.3 Å². The summed E-state index contributed by atoms with van der Waals surface area (Å²) in [5.74, 6) is 5.53. The second-order valence-electron chi connectivity index (χ2n) is 2.20. The van der Waals surface area contributed by atoms with Crippen molar-refractivity contribution in [3.63, 3.8) is 0 Å². The minimum atomic E-state index is 0.702. The molecule has 4 N–H and O–H groups in total. The Kier molecular flexibility index (Phi) is 2.42. The van der Waals surface area contributed by atoms with Crippen LogP contribution in [0.2, 0.25) is 0 Å². The predicted octanol–water partition coefficient (Wildman–Crippen LogP) is -0.911. The quantitative estimate of drug-likeness (QED) is 0.463. The zero-order valence-electron chi connectivity index (χ0n) is 5.83. The maximum atomic E-state index is 5.53. The van der Waals surface area contributed by atoms with E-state index in [9.17, 15) is 0 Å². The van der Waals surface area contributed by atoms with E-state index in [2.05, 4.69) is 4.99 Å². The summed E-state index contributed by atoms with van der Waals surface area (Å²) in [6.45, 7) is 2.31. The zero-order chi connectivity index (χ0) is 7.40. The first-order chi connectivity index (χ1) is 4.83. The fraction of sp³-hybridized carbons (Fsp3) is 0.500. The molecule has 0 fully saturated rings. The second kappa shape index (κ2) is 3.34. The minimum Gasteiger partial charge on any atom is -0.405 e. The Morgan fingerprint density at radius 1 is 1.60 bits per heavy atom. The monoisotopic (exact) mass is 140 g/mol. The molecular weight excluding hydrogens is 128 g/mol. The van der Waals surface area contributed by atoms with Crippen LogP contribution in [-0.4, -0.2) is 30.4 Å². The maximum Gasteiger partial charge on any atom is 0.0549 e. The summed E-state index contributed by atoms with van der Waals surface area (Å²) in [6.07, 6.45) is 3.26. The first-order valence-corrected chi connectivity index (χ1v) is 3.24. The molecule has 0 aromatic carbocycles. The summed E-state index contributed by atoms with van der Waals surface area (Å²) >= 11 is 0. The lowest BCUT2D eigenvalue weighted by Crippen LogP contribution is -2.40. The van der Waals surface area contributed by atoms with E-state index in [1.165, 1.54) is 6.20 Å². The summed E-state index contributed by atoms with van der Waals surface area (Å²) in [5, 5.41) is 1.72. The van der Waals surface area contributed by atoms with Crippen LogP contribution in [0, 0.1) is 0 Å². The minimum absolute atomic E-state index is 0.702. The van der Waals surface area contributed by atoms with Gasteiger partial charge in [0.1, 0.15) is 0 Å². The zero-order valence-corrected chi connectivity index (χ0v) is 5.83. The number of nitrogens with two attached hydrogens (primary N) is 2. The summed E-state index contributed by atoms with van der Waals surface area (Å²) in [5.41, 5.74) is 6.14. The summed E-state index contributed by atoms with van der Waals surface area (Å²) in [4.78, 5) is 4.20. The Hall–Kier alpha value is -0.870. The molecule has 0 atom stereocenters. The molecule has 0 aromatic heterocycles. The number of nitrogens with zero attached hydrogens (tertiary/aromatic N) is 2. The van der Waals surface area contributed by atoms with Gasteiger partial charge in [0, 0.05) is 6.54 Å². The first-order valence-electron chi connectivity index (χ1n) is 3.24. The largest absolute Gasteiger partial charge is 0.405 e. The highest BCUT2D eigenvalue weighted by Crippen LogP contribution is 1.92. The van der Waals surface area contributed by atoms with Crippen LogP contribution in [-0.2, 0) is 0 Å². The molecule has 4 nitrogen and oxygen atoms in total. The average molecular weight is 140 g/mol. The third kappa shape index (κ3) is 1.82. The maximum absolute atomic E-state index is 5.53. The third-order valence-corrected chi connectivity index (χ3v) is 1.36. The molecule has 1 rings (SSSR count). The van der Waals surface area contributed by atoms with Gasteiger partial charge >= 0.3 is 0 Å². The number of hydrogen-bond acceptors (Lipinski definition) is 4. The van der Waals surface area contributed by atoms with Gasteiger partial charge in [-0.1, -0.05) is 0 Å². The van der Waals surface area contributed by atoms with Gasteiger partial charge in [0.05, 0.1) is 18.8 Å². The number of hydrazine groups is 1. The normalized spacial score (nSPS) is 21.5. The van der Waals surface area contributed by atoms with E-state index >= 15 is 0 Å². The Balaban J connectivity index is 2.51. The molecule has 0 amide bonds. The fourth-order valence-corrected chi connectivity index (χ4v) is 0.876. The molecule has 1 aliphatic heterocycles. The Bertz CT molecular complexity index is 161. The Labute approximate surface area is 60.2 Å². The molecule has 4 heteroatoms. The van der Waals surface area contributed by atoms with Gasteiger partial charge < -0.3 is 5.73 Å². The lowest BCUT2D eigenvalue weighted by atomic mass is 10.3. The van der Waals surface area contributed by atoms with Crippen LogP contribution in [0.25, 0.3) is 0 Å². The van der Waals surface area contributed by atoms with Crippen molar-refractivity contribution in [3.8, 4) is 0 Å². The Morgan fingerprint density at radius 3 is 3.00 bits per heavy atom. The third-order valence-electron chi connectivity index (χ3n) is 1.36. The summed E-state index contributed by atoms with van der Waals surface area (Å²) in [6, 6.07) is 0. The molecule has 0 saturated heterocycles. The van der Waals surface area contributed by atoms with E-state index in [4.69, 9.17) is 11.6 Å². The van der Waals surface area contributed by atoms with Crippen LogP contribution in [0.3, 0.4) is 0 Å². The molecule has 0 unspecified atom stereocenters. The SMILES string of the molecule is NC=CC1=NCCN(N)C1. The van der Waals surface area contributed by atoms with Crippen molar-refractivity contribution in [2.75, 3.05) is 19.6 Å². The lowest BCUT2D eigenvalue weighted by molar-refractivity contribution is 0.323. The predicted molar refractivity (Wildman–Crippen MR) is 41.4 cm³/mol. The van der Waals surface area contributed by atoms with Gasteiger partial charge in [0.15, 0.2) is 0 Å². The van der Waals surface area contributed by atoms with Gasteiger partial charge in [-0.25, -0.2) is 5.01 Å². The van der Waals surface area contributed by atoms with Gasteiger partial charge in [-0.15, -0.1) is 0 Å². The van der Waals surface area contributed by atoms with Gasteiger partial charge in [0.2, 0.25) is 0 Å². The first kappa shape index (κ1) is 7.24. The highest BCUT2D eigenvalue weighted by Gasteiger charge is 2.06. The molecule has 0 spiro atoms. The van der Waals surface area contributed by atoms with Gasteiger partial charge in [-0.3, -0.25) is 10.8 Å². The van der Waals surface area contributed by atoms with Crippen LogP contribution >= 0.6 is 0 Å². The fourth-order valence-electron chi connectivity index (χ4n) is 0.876. The van der Waals surface area contributed by atoms with E-state index in [-0.39, 0.29) is 0 Å². The van der Waals surface area contributed by atoms with Crippen molar-refractivity contribution < 1.29 is 0 Å². The second-order valence-corrected chi connectivity index (χ2v) is 2.20. The molecule has 0 radical (unpaired) electrons. The van der Waals surface area contributed by atoms with E-state index in [0.717, 1.165) is 18.8 Å². The molecule has 0 bridgehead atoms. The molecule has 0 saturated carbocycles. The van der Waals surface area contributed by atoms with Crippen molar-refractivity contribution >= 4 is 5.71 Å². The summed E-state index contributed by atoms with van der Waals surface area (Å²) < 4.78 is 0. The van der Waals surface area contributed by atoms with Crippen molar-refractivity contribution in [1.82, 2.24) is 5.01 Å². The Morgan fingerprint density at radius 2 is 2.40 bits per heavy atom. The van der Waals surface area contributed by atoms with Crippen LogP contribution in [0.4, 0.5) is 0 Å². The van der Waals surface area contributed by atoms with Crippen LogP contribution in [0.5, 0.6) is 0 Å². The van der Waals surface area contributed by atoms with Crippen molar-refractivity contribution in [3.05, 3.63) is 12.3 Å². The van der Waals surface area contributed by atoms with Gasteiger partial charge in [-0.05, 0) is 12.3 Å². The topological polar surface area (TPSA) is 67.6 Å². The average Bonchev–Trinajstić information content (AvgIpc) is 1.88. The lowest BCUT2D eigenvalue weighted by Gasteiger charge is -2.19. The number of rotatable bonds is 1. The van der Waals surface area contributed by atoms with Gasteiger partial charge in [0.25, 0.3) is 0 Å². The van der Waals surface area contributed by atoms with E-state index in [1.54, 1.807) is 11.1 Å². The van der Waals surface area contributed by atoms with Crippen LogP contribution in [0.1, 0.15) is 0 Å². The highest BCUT2D eigenvalue weighted by atomic mass is 15.4.